The average molecular weight is 248 g/mol. The molecule has 0 aliphatic rings. The van der Waals surface area contributed by atoms with Crippen LogP contribution in [0.1, 0.15) is 12.0 Å². The number of halogens is 2. The van der Waals surface area contributed by atoms with Crippen molar-refractivity contribution in [2.75, 3.05) is 14.1 Å². The Morgan fingerprint density at radius 1 is 1.27 bits per heavy atom. The van der Waals surface area contributed by atoms with Crippen LogP contribution < -0.4 is 0 Å². The molecule has 0 fully saturated rings. The predicted molar refractivity (Wildman–Crippen MR) is 64.5 cm³/mol. The van der Waals surface area contributed by atoms with Gasteiger partial charge in [-0.25, -0.2) is 0 Å². The number of hydrogen-bond donors (Lipinski definition) is 1. The molecule has 0 saturated carbocycles. The minimum Gasteiger partial charge on any atom is -0.378 e. The summed E-state index contributed by atoms with van der Waals surface area (Å²) in [6.45, 7) is 0. The number of aryl methyl sites for hydroxylation is 1. The summed E-state index contributed by atoms with van der Waals surface area (Å²) in [7, 11) is 3.69. The lowest BCUT2D eigenvalue weighted by Gasteiger charge is -2.18. The molecule has 84 valence electrons. The Hall–Kier alpha value is -0.280. The van der Waals surface area contributed by atoms with Crippen molar-refractivity contribution in [1.82, 2.24) is 4.90 Å². The SMILES string of the molecule is CN(C)C(O)CCc1ccc(Cl)c(Cl)c1. The zero-order valence-electron chi connectivity index (χ0n) is 8.87. The van der Waals surface area contributed by atoms with Crippen LogP contribution in [0.4, 0.5) is 0 Å². The van der Waals surface area contributed by atoms with Crippen LogP contribution >= 0.6 is 23.2 Å². The maximum Gasteiger partial charge on any atom is 0.107 e. The van der Waals surface area contributed by atoms with Crippen LogP contribution in [-0.4, -0.2) is 30.3 Å². The molecule has 15 heavy (non-hydrogen) atoms. The largest absolute Gasteiger partial charge is 0.378 e. The number of rotatable bonds is 4. The van der Waals surface area contributed by atoms with Crippen molar-refractivity contribution >= 4 is 23.2 Å². The monoisotopic (exact) mass is 247 g/mol. The topological polar surface area (TPSA) is 23.5 Å². The zero-order valence-corrected chi connectivity index (χ0v) is 10.4. The minimum absolute atomic E-state index is 0.417. The third-order valence-electron chi connectivity index (χ3n) is 2.27. The predicted octanol–water partition coefficient (Wildman–Crippen LogP) is 2.81. The number of hydrogen-bond acceptors (Lipinski definition) is 2. The lowest BCUT2D eigenvalue weighted by molar-refractivity contribution is 0.0338. The fourth-order valence-corrected chi connectivity index (χ4v) is 1.57. The molecule has 0 aromatic heterocycles. The molecule has 0 amide bonds. The van der Waals surface area contributed by atoms with Gasteiger partial charge < -0.3 is 5.11 Å². The van der Waals surface area contributed by atoms with Gasteiger partial charge in [0.1, 0.15) is 6.23 Å². The molecule has 1 unspecified atom stereocenters. The summed E-state index contributed by atoms with van der Waals surface area (Å²) in [5.41, 5.74) is 1.09. The first-order valence-corrected chi connectivity index (χ1v) is 5.54. The molecular formula is C11H15Cl2NO. The van der Waals surface area contributed by atoms with Crippen LogP contribution in [-0.2, 0) is 6.42 Å². The van der Waals surface area contributed by atoms with Crippen LogP contribution in [0.15, 0.2) is 18.2 Å². The summed E-state index contributed by atoms with van der Waals surface area (Å²) in [6.07, 6.45) is 1.06. The van der Waals surface area contributed by atoms with Crippen molar-refractivity contribution in [2.45, 2.75) is 19.1 Å². The van der Waals surface area contributed by atoms with Gasteiger partial charge in [0.15, 0.2) is 0 Å². The molecule has 1 aromatic carbocycles. The fourth-order valence-electron chi connectivity index (χ4n) is 1.25. The van der Waals surface area contributed by atoms with Gasteiger partial charge in [-0.05, 0) is 44.6 Å². The van der Waals surface area contributed by atoms with E-state index in [2.05, 4.69) is 0 Å². The summed E-state index contributed by atoms with van der Waals surface area (Å²) < 4.78 is 0. The molecule has 1 atom stereocenters. The molecule has 0 aliphatic heterocycles. The van der Waals surface area contributed by atoms with E-state index < -0.39 is 6.23 Å². The van der Waals surface area contributed by atoms with Gasteiger partial charge in [0.05, 0.1) is 10.0 Å². The highest BCUT2D eigenvalue weighted by Gasteiger charge is 2.07. The third-order valence-corrected chi connectivity index (χ3v) is 3.01. The Balaban J connectivity index is 2.55. The van der Waals surface area contributed by atoms with Crippen molar-refractivity contribution in [2.24, 2.45) is 0 Å². The Bertz CT molecular complexity index is 328. The van der Waals surface area contributed by atoms with Crippen molar-refractivity contribution in [3.63, 3.8) is 0 Å². The van der Waals surface area contributed by atoms with Crippen LogP contribution in [0.5, 0.6) is 0 Å². The zero-order chi connectivity index (χ0) is 11.4. The second-order valence-corrected chi connectivity index (χ2v) is 4.55. The van der Waals surface area contributed by atoms with E-state index in [0.717, 1.165) is 12.0 Å². The van der Waals surface area contributed by atoms with Crippen molar-refractivity contribution in [1.29, 1.82) is 0 Å². The van der Waals surface area contributed by atoms with E-state index in [1.165, 1.54) is 0 Å². The normalized spacial score (nSPS) is 13.2. The van der Waals surface area contributed by atoms with Gasteiger partial charge in [0.2, 0.25) is 0 Å². The quantitative estimate of drug-likeness (QED) is 0.828. The summed E-state index contributed by atoms with van der Waals surface area (Å²) in [4.78, 5) is 1.78. The summed E-state index contributed by atoms with van der Waals surface area (Å²) in [5.74, 6) is 0. The highest BCUT2D eigenvalue weighted by atomic mass is 35.5. The smallest absolute Gasteiger partial charge is 0.107 e. The lowest BCUT2D eigenvalue weighted by atomic mass is 10.1. The van der Waals surface area contributed by atoms with Crippen molar-refractivity contribution in [3.05, 3.63) is 33.8 Å². The Kier molecular flexibility index (Phi) is 4.87. The Labute approximate surface area is 100 Å². The van der Waals surface area contributed by atoms with E-state index in [1.54, 1.807) is 11.0 Å². The highest BCUT2D eigenvalue weighted by molar-refractivity contribution is 6.42. The third kappa shape index (κ3) is 3.99. The standard InChI is InChI=1S/C11H15Cl2NO/c1-14(2)11(15)6-4-8-3-5-9(12)10(13)7-8/h3,5,7,11,15H,4,6H2,1-2H3. The number of nitrogens with zero attached hydrogens (tertiary/aromatic N) is 1. The summed E-state index contributed by atoms with van der Waals surface area (Å²) >= 11 is 11.7. The molecule has 0 spiro atoms. The van der Waals surface area contributed by atoms with Crippen molar-refractivity contribution in [3.8, 4) is 0 Å². The maximum absolute atomic E-state index is 9.58. The fraction of sp³-hybridized carbons (Fsp3) is 0.455. The molecule has 0 radical (unpaired) electrons. The van der Waals surface area contributed by atoms with Gasteiger partial charge in [-0.15, -0.1) is 0 Å². The van der Waals surface area contributed by atoms with Gasteiger partial charge >= 0.3 is 0 Å². The molecule has 0 bridgehead atoms. The molecule has 0 aliphatic carbocycles. The first kappa shape index (κ1) is 12.8. The van der Waals surface area contributed by atoms with E-state index in [0.29, 0.717) is 16.5 Å². The van der Waals surface area contributed by atoms with Crippen molar-refractivity contribution < 1.29 is 5.11 Å². The lowest BCUT2D eigenvalue weighted by Crippen LogP contribution is -2.27. The van der Waals surface area contributed by atoms with E-state index in [4.69, 9.17) is 23.2 Å². The molecule has 1 aromatic rings. The van der Waals surface area contributed by atoms with Gasteiger partial charge in [0.25, 0.3) is 0 Å². The first-order valence-electron chi connectivity index (χ1n) is 4.79. The Morgan fingerprint density at radius 3 is 2.47 bits per heavy atom. The highest BCUT2D eigenvalue weighted by Crippen LogP contribution is 2.23. The van der Waals surface area contributed by atoms with Gasteiger partial charge in [0, 0.05) is 0 Å². The summed E-state index contributed by atoms with van der Waals surface area (Å²) in [5, 5.41) is 10.7. The molecule has 1 N–H and O–H groups in total. The molecule has 2 nitrogen and oxygen atoms in total. The molecule has 4 heteroatoms. The number of benzene rings is 1. The average Bonchev–Trinajstić information content (AvgIpc) is 2.19. The minimum atomic E-state index is -0.417. The molecule has 0 heterocycles. The van der Waals surface area contributed by atoms with Gasteiger partial charge in [-0.2, -0.15) is 0 Å². The van der Waals surface area contributed by atoms with E-state index in [-0.39, 0.29) is 0 Å². The van der Waals surface area contributed by atoms with Crippen LogP contribution in [0.2, 0.25) is 10.0 Å². The maximum atomic E-state index is 9.58. The molecular weight excluding hydrogens is 233 g/mol. The van der Waals surface area contributed by atoms with E-state index in [1.807, 2.05) is 26.2 Å². The van der Waals surface area contributed by atoms with Crippen LogP contribution in [0.25, 0.3) is 0 Å². The van der Waals surface area contributed by atoms with E-state index >= 15 is 0 Å². The molecule has 0 saturated heterocycles. The van der Waals surface area contributed by atoms with E-state index in [9.17, 15) is 5.11 Å². The van der Waals surface area contributed by atoms with Crippen LogP contribution in [0.3, 0.4) is 0 Å². The van der Waals surface area contributed by atoms with Gasteiger partial charge in [-0.1, -0.05) is 29.3 Å². The number of aliphatic hydroxyl groups is 1. The summed E-state index contributed by atoms with van der Waals surface area (Å²) in [6, 6.07) is 5.55. The second kappa shape index (κ2) is 5.71. The second-order valence-electron chi connectivity index (χ2n) is 3.73. The van der Waals surface area contributed by atoms with Crippen LogP contribution in [0, 0.1) is 0 Å². The molecule has 1 rings (SSSR count). The first-order chi connectivity index (χ1) is 7.00. The number of aliphatic hydroxyl groups excluding tert-OH is 1. The Morgan fingerprint density at radius 2 is 1.93 bits per heavy atom. The van der Waals surface area contributed by atoms with Gasteiger partial charge in [-0.3, -0.25) is 4.90 Å².